The van der Waals surface area contributed by atoms with Crippen LogP contribution in [0.1, 0.15) is 33.0 Å². The summed E-state index contributed by atoms with van der Waals surface area (Å²) in [5.41, 5.74) is 2.13. The van der Waals surface area contributed by atoms with Gasteiger partial charge in [-0.1, -0.05) is 20.8 Å². The minimum absolute atomic E-state index is 0.0620. The summed E-state index contributed by atoms with van der Waals surface area (Å²) in [4.78, 5) is 9.37. The van der Waals surface area contributed by atoms with Crippen molar-refractivity contribution in [1.29, 1.82) is 0 Å². The number of thioether (sulfide) groups is 1. The maximum Gasteiger partial charge on any atom is 0.160 e. The van der Waals surface area contributed by atoms with Gasteiger partial charge in [0.05, 0.1) is 0 Å². The van der Waals surface area contributed by atoms with E-state index < -0.39 is 0 Å². The Hall–Kier alpha value is -1.03. The van der Waals surface area contributed by atoms with Crippen LogP contribution in [0.25, 0.3) is 11.2 Å². The van der Waals surface area contributed by atoms with Crippen LogP contribution in [-0.4, -0.2) is 26.0 Å². The fraction of sp³-hybridized carbons (Fsp3) is 0.600. The Balaban J connectivity index is 2.07. The number of hydrogen-bond donors (Lipinski definition) is 0. The lowest BCUT2D eigenvalue weighted by molar-refractivity contribution is 0.443. The molecule has 3 nitrogen and oxygen atoms in total. The third kappa shape index (κ3) is 2.50. The predicted octanol–water partition coefficient (Wildman–Crippen LogP) is 3.48. The average Bonchev–Trinajstić information content (AvgIpc) is 2.97. The van der Waals surface area contributed by atoms with Gasteiger partial charge in [0.25, 0.3) is 0 Å². The summed E-state index contributed by atoms with van der Waals surface area (Å²) < 4.78 is 2.35. The molecule has 2 aromatic heterocycles. The van der Waals surface area contributed by atoms with E-state index in [1.54, 1.807) is 0 Å². The highest BCUT2D eigenvalue weighted by atomic mass is 32.2. The third-order valence-corrected chi connectivity index (χ3v) is 4.87. The van der Waals surface area contributed by atoms with Gasteiger partial charge in [-0.3, -0.25) is 0 Å². The second kappa shape index (κ2) is 4.82. The number of nitrogens with zero attached hydrogens (tertiary/aromatic N) is 3. The normalized spacial score (nSPS) is 20.3. The van der Waals surface area contributed by atoms with Crippen LogP contribution in [-0.2, 0) is 12.0 Å². The van der Waals surface area contributed by atoms with Gasteiger partial charge in [0.2, 0.25) is 0 Å². The molecule has 4 heteroatoms. The first kappa shape index (κ1) is 13.0. The van der Waals surface area contributed by atoms with Crippen LogP contribution in [0.15, 0.2) is 18.3 Å². The fourth-order valence-corrected chi connectivity index (χ4v) is 3.96. The molecule has 2 aromatic rings. The lowest BCUT2D eigenvalue weighted by Gasteiger charge is -2.21. The Kier molecular flexibility index (Phi) is 3.29. The molecule has 1 unspecified atom stereocenters. The van der Waals surface area contributed by atoms with Gasteiger partial charge in [0, 0.05) is 18.2 Å². The van der Waals surface area contributed by atoms with Crippen molar-refractivity contribution in [2.75, 3.05) is 11.5 Å². The topological polar surface area (TPSA) is 30.7 Å². The first-order valence-electron chi connectivity index (χ1n) is 6.95. The van der Waals surface area contributed by atoms with Gasteiger partial charge in [-0.15, -0.1) is 0 Å². The zero-order valence-electron chi connectivity index (χ0n) is 11.9. The molecule has 3 rings (SSSR count). The zero-order valence-corrected chi connectivity index (χ0v) is 12.7. The SMILES string of the molecule is CC(C)(C)c1nc2cccnc2n1CC1CCSC1. The van der Waals surface area contributed by atoms with E-state index in [2.05, 4.69) is 48.2 Å². The highest BCUT2D eigenvalue weighted by Gasteiger charge is 2.26. The Morgan fingerprint density at radius 3 is 2.95 bits per heavy atom. The maximum absolute atomic E-state index is 4.82. The van der Waals surface area contributed by atoms with E-state index in [0.717, 1.165) is 29.5 Å². The minimum atomic E-state index is 0.0620. The zero-order chi connectivity index (χ0) is 13.5. The van der Waals surface area contributed by atoms with Crippen molar-refractivity contribution in [3.05, 3.63) is 24.2 Å². The van der Waals surface area contributed by atoms with E-state index in [9.17, 15) is 0 Å². The van der Waals surface area contributed by atoms with E-state index in [1.165, 1.54) is 17.9 Å². The standard InChI is InChI=1S/C15H21N3S/c1-15(2,3)14-17-12-5-4-7-16-13(12)18(14)9-11-6-8-19-10-11/h4-5,7,11H,6,8-10H2,1-3H3. The van der Waals surface area contributed by atoms with E-state index in [0.29, 0.717) is 0 Å². The molecule has 1 aliphatic rings. The molecule has 1 saturated heterocycles. The average molecular weight is 275 g/mol. The molecule has 1 atom stereocenters. The molecule has 0 spiro atoms. The summed E-state index contributed by atoms with van der Waals surface area (Å²) in [7, 11) is 0. The Morgan fingerprint density at radius 1 is 1.42 bits per heavy atom. The van der Waals surface area contributed by atoms with Crippen LogP contribution in [0.5, 0.6) is 0 Å². The number of hydrogen-bond acceptors (Lipinski definition) is 3. The van der Waals surface area contributed by atoms with Crippen LogP contribution >= 0.6 is 11.8 Å². The van der Waals surface area contributed by atoms with Crippen molar-refractivity contribution in [3.8, 4) is 0 Å². The number of fused-ring (bicyclic) bond motifs is 1. The lowest BCUT2D eigenvalue weighted by Crippen LogP contribution is -2.22. The summed E-state index contributed by atoms with van der Waals surface area (Å²) in [6.45, 7) is 7.75. The van der Waals surface area contributed by atoms with Crippen molar-refractivity contribution in [2.24, 2.45) is 5.92 Å². The van der Waals surface area contributed by atoms with Crippen molar-refractivity contribution >= 4 is 22.9 Å². The summed E-state index contributed by atoms with van der Waals surface area (Å²) in [5.74, 6) is 4.51. The summed E-state index contributed by atoms with van der Waals surface area (Å²) >= 11 is 2.07. The molecule has 0 amide bonds. The molecule has 0 radical (unpaired) electrons. The Morgan fingerprint density at radius 2 is 2.26 bits per heavy atom. The van der Waals surface area contributed by atoms with Crippen LogP contribution in [0.3, 0.4) is 0 Å². The molecule has 0 saturated carbocycles. The highest BCUT2D eigenvalue weighted by Crippen LogP contribution is 2.30. The molecule has 0 aromatic carbocycles. The molecule has 102 valence electrons. The van der Waals surface area contributed by atoms with Gasteiger partial charge in [-0.05, 0) is 36.0 Å². The summed E-state index contributed by atoms with van der Waals surface area (Å²) in [6, 6.07) is 4.04. The molecule has 0 bridgehead atoms. The van der Waals surface area contributed by atoms with E-state index in [4.69, 9.17) is 4.98 Å². The van der Waals surface area contributed by atoms with E-state index >= 15 is 0 Å². The summed E-state index contributed by atoms with van der Waals surface area (Å²) in [6.07, 6.45) is 3.19. The first-order valence-corrected chi connectivity index (χ1v) is 8.10. The van der Waals surface area contributed by atoms with Crippen molar-refractivity contribution in [3.63, 3.8) is 0 Å². The third-order valence-electron chi connectivity index (χ3n) is 3.64. The molecule has 19 heavy (non-hydrogen) atoms. The number of imidazole rings is 1. The summed E-state index contributed by atoms with van der Waals surface area (Å²) in [5, 5.41) is 0. The first-order chi connectivity index (χ1) is 9.05. The van der Waals surface area contributed by atoms with Crippen LogP contribution in [0.2, 0.25) is 0 Å². The van der Waals surface area contributed by atoms with Gasteiger partial charge in [0.1, 0.15) is 11.3 Å². The number of rotatable bonds is 2. The lowest BCUT2D eigenvalue weighted by atomic mass is 9.95. The number of pyridine rings is 1. The van der Waals surface area contributed by atoms with Crippen LogP contribution < -0.4 is 0 Å². The predicted molar refractivity (Wildman–Crippen MR) is 81.7 cm³/mol. The van der Waals surface area contributed by atoms with Gasteiger partial charge in [-0.2, -0.15) is 11.8 Å². The molecule has 1 fully saturated rings. The Labute approximate surface area is 118 Å². The van der Waals surface area contributed by atoms with E-state index in [1.807, 2.05) is 12.3 Å². The smallest absolute Gasteiger partial charge is 0.160 e. The minimum Gasteiger partial charge on any atom is -0.312 e. The molecular weight excluding hydrogens is 254 g/mol. The second-order valence-corrected chi connectivity index (χ2v) is 7.52. The quantitative estimate of drug-likeness (QED) is 0.840. The highest BCUT2D eigenvalue weighted by molar-refractivity contribution is 7.99. The van der Waals surface area contributed by atoms with Crippen LogP contribution in [0.4, 0.5) is 0 Å². The largest absolute Gasteiger partial charge is 0.312 e. The molecule has 1 aliphatic heterocycles. The van der Waals surface area contributed by atoms with Crippen molar-refractivity contribution in [2.45, 2.75) is 39.2 Å². The van der Waals surface area contributed by atoms with Gasteiger partial charge in [-0.25, -0.2) is 9.97 Å². The Bertz CT molecular complexity index is 577. The van der Waals surface area contributed by atoms with Gasteiger partial charge in [0.15, 0.2) is 5.65 Å². The fourth-order valence-electron chi connectivity index (χ4n) is 2.69. The number of aromatic nitrogens is 3. The van der Waals surface area contributed by atoms with E-state index in [-0.39, 0.29) is 5.41 Å². The van der Waals surface area contributed by atoms with Crippen molar-refractivity contribution < 1.29 is 0 Å². The van der Waals surface area contributed by atoms with Gasteiger partial charge >= 0.3 is 0 Å². The van der Waals surface area contributed by atoms with Gasteiger partial charge < -0.3 is 4.57 Å². The maximum atomic E-state index is 4.82. The molecule has 0 N–H and O–H groups in total. The molecule has 0 aliphatic carbocycles. The monoisotopic (exact) mass is 275 g/mol. The second-order valence-electron chi connectivity index (χ2n) is 6.37. The molecule has 3 heterocycles. The van der Waals surface area contributed by atoms with Crippen LogP contribution in [0, 0.1) is 5.92 Å². The van der Waals surface area contributed by atoms with Crippen molar-refractivity contribution in [1.82, 2.24) is 14.5 Å². The molecular formula is C15H21N3S.